The van der Waals surface area contributed by atoms with Gasteiger partial charge in [0.25, 0.3) is 11.6 Å². The maximum atomic E-state index is 12.0. The number of carbonyl (C=O) groups is 2. The predicted octanol–water partition coefficient (Wildman–Crippen LogP) is 2.75. The molecule has 0 unspecified atom stereocenters. The van der Waals surface area contributed by atoms with Crippen molar-refractivity contribution in [2.45, 2.75) is 13.3 Å². The van der Waals surface area contributed by atoms with Crippen LogP contribution in [-0.4, -0.2) is 29.9 Å². The van der Waals surface area contributed by atoms with E-state index < -0.39 is 10.8 Å². The first-order chi connectivity index (χ1) is 12.5. The molecule has 2 rings (SSSR count). The molecule has 8 nitrogen and oxygen atoms in total. The molecule has 0 radical (unpaired) electrons. The number of para-hydroxylation sites is 2. The number of nitrogens with one attached hydrogen (secondary N) is 2. The molecule has 0 aromatic heterocycles. The lowest BCUT2D eigenvalue weighted by atomic mass is 10.2. The number of nitro benzene ring substituents is 1. The molecule has 2 amide bonds. The van der Waals surface area contributed by atoms with Crippen molar-refractivity contribution in [3.05, 3.63) is 64.2 Å². The number of hydrogen-bond acceptors (Lipinski definition) is 5. The maximum absolute atomic E-state index is 12.0. The van der Waals surface area contributed by atoms with Crippen LogP contribution in [-0.2, 0) is 4.79 Å². The highest BCUT2D eigenvalue weighted by molar-refractivity contribution is 5.95. The van der Waals surface area contributed by atoms with Crippen molar-refractivity contribution in [3.8, 4) is 5.75 Å². The van der Waals surface area contributed by atoms with E-state index in [-0.39, 0.29) is 30.1 Å². The Morgan fingerprint density at radius 3 is 2.46 bits per heavy atom. The van der Waals surface area contributed by atoms with E-state index in [1.165, 1.54) is 24.3 Å². The Hall–Kier alpha value is -3.42. The number of rotatable bonds is 8. The first-order valence-electron chi connectivity index (χ1n) is 8.05. The lowest BCUT2D eigenvalue weighted by Crippen LogP contribution is -2.27. The van der Waals surface area contributed by atoms with E-state index in [1.54, 1.807) is 18.2 Å². The minimum Gasteiger partial charge on any atom is -0.492 e. The molecule has 0 atom stereocenters. The average Bonchev–Trinajstić information content (AvgIpc) is 2.63. The van der Waals surface area contributed by atoms with Crippen molar-refractivity contribution < 1.29 is 19.2 Å². The lowest BCUT2D eigenvalue weighted by Gasteiger charge is -2.11. The SMILES string of the molecule is CCOc1ccccc1NC(=O)CCNC(=O)c1ccc([N+](=O)[O-])cc1. The summed E-state index contributed by atoms with van der Waals surface area (Å²) in [5, 5.41) is 15.9. The largest absolute Gasteiger partial charge is 0.492 e. The predicted molar refractivity (Wildman–Crippen MR) is 96.3 cm³/mol. The van der Waals surface area contributed by atoms with Gasteiger partial charge in [0.2, 0.25) is 5.91 Å². The summed E-state index contributed by atoms with van der Waals surface area (Å²) in [7, 11) is 0. The topological polar surface area (TPSA) is 111 Å². The summed E-state index contributed by atoms with van der Waals surface area (Å²) in [4.78, 5) is 34.0. The molecule has 2 aromatic rings. The van der Waals surface area contributed by atoms with Crippen molar-refractivity contribution in [1.29, 1.82) is 0 Å². The molecule has 0 aliphatic rings. The minimum atomic E-state index is -0.536. The molecular weight excluding hydrogens is 338 g/mol. The van der Waals surface area contributed by atoms with Crippen LogP contribution in [0.1, 0.15) is 23.7 Å². The molecule has 2 N–H and O–H groups in total. The Labute approximate surface area is 150 Å². The maximum Gasteiger partial charge on any atom is 0.269 e. The Morgan fingerprint density at radius 1 is 1.12 bits per heavy atom. The molecule has 0 fully saturated rings. The third kappa shape index (κ3) is 5.30. The summed E-state index contributed by atoms with van der Waals surface area (Å²) in [5.41, 5.74) is 0.771. The Bertz CT molecular complexity index is 790. The zero-order valence-corrected chi connectivity index (χ0v) is 14.2. The van der Waals surface area contributed by atoms with Gasteiger partial charge in [-0.3, -0.25) is 19.7 Å². The molecule has 0 bridgehead atoms. The zero-order chi connectivity index (χ0) is 18.9. The zero-order valence-electron chi connectivity index (χ0n) is 14.2. The van der Waals surface area contributed by atoms with Gasteiger partial charge in [-0.15, -0.1) is 0 Å². The Balaban J connectivity index is 1.82. The fraction of sp³-hybridized carbons (Fsp3) is 0.222. The van der Waals surface area contributed by atoms with Crippen molar-refractivity contribution in [2.75, 3.05) is 18.5 Å². The van der Waals surface area contributed by atoms with Gasteiger partial charge in [0.1, 0.15) is 5.75 Å². The van der Waals surface area contributed by atoms with E-state index >= 15 is 0 Å². The number of amides is 2. The number of nitro groups is 1. The molecular formula is C18H19N3O5. The van der Waals surface area contributed by atoms with E-state index in [0.717, 1.165) is 0 Å². The lowest BCUT2D eigenvalue weighted by molar-refractivity contribution is -0.384. The van der Waals surface area contributed by atoms with Crippen LogP contribution in [0.15, 0.2) is 48.5 Å². The van der Waals surface area contributed by atoms with Gasteiger partial charge >= 0.3 is 0 Å². The number of non-ortho nitro benzene ring substituents is 1. The van der Waals surface area contributed by atoms with Crippen LogP contribution in [0.2, 0.25) is 0 Å². The third-order valence-corrected chi connectivity index (χ3v) is 3.44. The summed E-state index contributed by atoms with van der Waals surface area (Å²) in [6.07, 6.45) is 0.0825. The second kappa shape index (κ2) is 9.16. The Morgan fingerprint density at radius 2 is 1.81 bits per heavy atom. The highest BCUT2D eigenvalue weighted by Gasteiger charge is 2.11. The van der Waals surface area contributed by atoms with E-state index in [0.29, 0.717) is 18.0 Å². The minimum absolute atomic E-state index is 0.0825. The van der Waals surface area contributed by atoms with E-state index in [9.17, 15) is 19.7 Å². The number of anilines is 1. The molecule has 0 saturated heterocycles. The van der Waals surface area contributed by atoms with Gasteiger partial charge in [-0.2, -0.15) is 0 Å². The van der Waals surface area contributed by atoms with Gasteiger partial charge in [-0.25, -0.2) is 0 Å². The van der Waals surface area contributed by atoms with Gasteiger partial charge in [-0.1, -0.05) is 12.1 Å². The summed E-state index contributed by atoms with van der Waals surface area (Å²) in [6, 6.07) is 12.3. The van der Waals surface area contributed by atoms with Gasteiger partial charge in [0.05, 0.1) is 17.2 Å². The van der Waals surface area contributed by atoms with Gasteiger partial charge < -0.3 is 15.4 Å². The molecule has 0 aliphatic heterocycles. The molecule has 0 aliphatic carbocycles. The third-order valence-electron chi connectivity index (χ3n) is 3.44. The smallest absolute Gasteiger partial charge is 0.269 e. The van der Waals surface area contributed by atoms with Gasteiger partial charge in [0.15, 0.2) is 0 Å². The highest BCUT2D eigenvalue weighted by atomic mass is 16.6. The van der Waals surface area contributed by atoms with Crippen LogP contribution in [0.5, 0.6) is 5.75 Å². The van der Waals surface area contributed by atoms with E-state index in [1.807, 2.05) is 13.0 Å². The fourth-order valence-corrected chi connectivity index (χ4v) is 2.19. The van der Waals surface area contributed by atoms with Crippen molar-refractivity contribution in [2.24, 2.45) is 0 Å². The van der Waals surface area contributed by atoms with Crippen LogP contribution in [0, 0.1) is 10.1 Å². The number of nitrogens with zero attached hydrogens (tertiary/aromatic N) is 1. The standard InChI is InChI=1S/C18H19N3O5/c1-2-26-16-6-4-3-5-15(16)20-17(22)11-12-19-18(23)13-7-9-14(10-8-13)21(24)25/h3-10H,2,11-12H2,1H3,(H,19,23)(H,20,22). The number of hydrogen-bond donors (Lipinski definition) is 2. The van der Waals surface area contributed by atoms with Crippen LogP contribution in [0.25, 0.3) is 0 Å². The summed E-state index contributed by atoms with van der Waals surface area (Å²) >= 11 is 0. The van der Waals surface area contributed by atoms with Crippen LogP contribution >= 0.6 is 0 Å². The summed E-state index contributed by atoms with van der Waals surface area (Å²) in [6.45, 7) is 2.48. The molecule has 136 valence electrons. The second-order valence-electron chi connectivity index (χ2n) is 5.29. The average molecular weight is 357 g/mol. The Kier molecular flexibility index (Phi) is 6.67. The quantitative estimate of drug-likeness (QED) is 0.557. The van der Waals surface area contributed by atoms with E-state index in [2.05, 4.69) is 10.6 Å². The normalized spacial score (nSPS) is 10.0. The molecule has 2 aromatic carbocycles. The molecule has 0 heterocycles. The number of benzene rings is 2. The summed E-state index contributed by atoms with van der Waals surface area (Å²) in [5.74, 6) is -0.0816. The first-order valence-corrected chi connectivity index (χ1v) is 8.05. The van der Waals surface area contributed by atoms with Crippen LogP contribution in [0.4, 0.5) is 11.4 Å². The van der Waals surface area contributed by atoms with Crippen molar-refractivity contribution in [3.63, 3.8) is 0 Å². The van der Waals surface area contributed by atoms with Crippen LogP contribution < -0.4 is 15.4 Å². The molecule has 0 spiro atoms. The fourth-order valence-electron chi connectivity index (χ4n) is 2.19. The molecule has 0 saturated carbocycles. The highest BCUT2D eigenvalue weighted by Crippen LogP contribution is 2.23. The first kappa shape index (κ1) is 18.9. The van der Waals surface area contributed by atoms with Crippen LogP contribution in [0.3, 0.4) is 0 Å². The van der Waals surface area contributed by atoms with Crippen molar-refractivity contribution in [1.82, 2.24) is 5.32 Å². The monoisotopic (exact) mass is 357 g/mol. The number of ether oxygens (including phenoxy) is 1. The molecule has 8 heteroatoms. The number of carbonyl (C=O) groups excluding carboxylic acids is 2. The van der Waals surface area contributed by atoms with Gasteiger partial charge in [0, 0.05) is 30.7 Å². The van der Waals surface area contributed by atoms with E-state index in [4.69, 9.17) is 4.74 Å². The second-order valence-corrected chi connectivity index (χ2v) is 5.29. The van der Waals surface area contributed by atoms with Crippen molar-refractivity contribution >= 4 is 23.2 Å². The summed E-state index contributed by atoms with van der Waals surface area (Å²) < 4.78 is 5.43. The van der Waals surface area contributed by atoms with Gasteiger partial charge in [-0.05, 0) is 31.2 Å². The molecule has 26 heavy (non-hydrogen) atoms.